The van der Waals surface area contributed by atoms with Crippen molar-refractivity contribution in [3.05, 3.63) is 62.6 Å². The van der Waals surface area contributed by atoms with E-state index in [2.05, 4.69) is 5.32 Å². The zero-order valence-corrected chi connectivity index (χ0v) is 12.0. The summed E-state index contributed by atoms with van der Waals surface area (Å²) in [4.78, 5) is 0. The molecule has 2 aromatic carbocycles. The van der Waals surface area contributed by atoms with Gasteiger partial charge in [0.2, 0.25) is 0 Å². The second kappa shape index (κ2) is 6.16. The third-order valence-electron chi connectivity index (χ3n) is 2.58. The Kier molecular flexibility index (Phi) is 4.55. The van der Waals surface area contributed by atoms with Crippen molar-refractivity contribution in [3.8, 4) is 6.07 Å². The van der Waals surface area contributed by atoms with Crippen LogP contribution in [0.15, 0.2) is 36.4 Å². The molecular weight excluding hydrogens is 303 g/mol. The molecule has 0 bridgehead atoms. The van der Waals surface area contributed by atoms with Crippen molar-refractivity contribution in [3.63, 3.8) is 0 Å². The van der Waals surface area contributed by atoms with Gasteiger partial charge in [-0.1, -0.05) is 40.9 Å². The van der Waals surface area contributed by atoms with E-state index in [1.54, 1.807) is 24.3 Å². The number of benzene rings is 2. The highest BCUT2D eigenvalue weighted by atomic mass is 35.5. The molecule has 0 aromatic heterocycles. The van der Waals surface area contributed by atoms with Crippen LogP contribution in [0.5, 0.6) is 0 Å². The molecule has 1 N–H and O–H groups in total. The lowest BCUT2D eigenvalue weighted by Gasteiger charge is -2.09. The Labute approximate surface area is 126 Å². The SMILES string of the molecule is N#Cc1ccc(CNc2ccc(Cl)c(Cl)c2)c(Cl)c1. The van der Waals surface area contributed by atoms with Crippen LogP contribution in [0.4, 0.5) is 5.69 Å². The maximum Gasteiger partial charge on any atom is 0.0992 e. The largest absolute Gasteiger partial charge is 0.381 e. The Balaban J connectivity index is 2.10. The average Bonchev–Trinajstić information content (AvgIpc) is 2.41. The second-order valence-electron chi connectivity index (χ2n) is 3.90. The highest BCUT2D eigenvalue weighted by Gasteiger charge is 2.03. The fourth-order valence-electron chi connectivity index (χ4n) is 1.56. The van der Waals surface area contributed by atoms with E-state index >= 15 is 0 Å². The fraction of sp³-hybridized carbons (Fsp3) is 0.0714. The van der Waals surface area contributed by atoms with Crippen LogP contribution >= 0.6 is 34.8 Å². The minimum atomic E-state index is 0.498. The monoisotopic (exact) mass is 310 g/mol. The molecule has 19 heavy (non-hydrogen) atoms. The summed E-state index contributed by atoms with van der Waals surface area (Å²) in [5.74, 6) is 0. The number of nitriles is 1. The van der Waals surface area contributed by atoms with E-state index < -0.39 is 0 Å². The lowest BCUT2D eigenvalue weighted by Crippen LogP contribution is -2.00. The van der Waals surface area contributed by atoms with Crippen LogP contribution in [0.2, 0.25) is 15.1 Å². The molecule has 96 valence electrons. The Morgan fingerprint density at radius 1 is 0.947 bits per heavy atom. The highest BCUT2D eigenvalue weighted by Crippen LogP contribution is 2.26. The molecule has 0 saturated carbocycles. The maximum absolute atomic E-state index is 8.77. The van der Waals surface area contributed by atoms with Gasteiger partial charge in [0.05, 0.1) is 21.7 Å². The first-order valence-corrected chi connectivity index (χ1v) is 6.61. The van der Waals surface area contributed by atoms with Crippen LogP contribution in [-0.2, 0) is 6.54 Å². The minimum absolute atomic E-state index is 0.498. The molecule has 0 atom stereocenters. The Hall–Kier alpha value is -1.40. The van der Waals surface area contributed by atoms with Gasteiger partial charge in [0, 0.05) is 17.3 Å². The molecular formula is C14H9Cl3N2. The summed E-state index contributed by atoms with van der Waals surface area (Å²) < 4.78 is 0. The average molecular weight is 312 g/mol. The first-order valence-electron chi connectivity index (χ1n) is 5.47. The standard InChI is InChI=1S/C14H9Cl3N2/c15-12-4-3-11(6-14(12)17)19-8-10-2-1-9(7-18)5-13(10)16/h1-6,19H,8H2. The van der Waals surface area contributed by atoms with E-state index in [0.29, 0.717) is 27.2 Å². The lowest BCUT2D eigenvalue weighted by molar-refractivity contribution is 1.15. The Bertz CT molecular complexity index is 648. The predicted molar refractivity (Wildman–Crippen MR) is 80.0 cm³/mol. The maximum atomic E-state index is 8.77. The van der Waals surface area contributed by atoms with Gasteiger partial charge in [-0.25, -0.2) is 0 Å². The van der Waals surface area contributed by atoms with Crippen molar-refractivity contribution < 1.29 is 0 Å². The summed E-state index contributed by atoms with van der Waals surface area (Å²) in [5, 5.41) is 13.5. The molecule has 2 aromatic rings. The zero-order valence-electron chi connectivity index (χ0n) is 9.75. The third-order valence-corrected chi connectivity index (χ3v) is 3.68. The number of nitrogens with zero attached hydrogens (tertiary/aromatic N) is 1. The predicted octanol–water partition coefficient (Wildman–Crippen LogP) is 5.13. The summed E-state index contributed by atoms with van der Waals surface area (Å²) in [6.45, 7) is 0.544. The van der Waals surface area contributed by atoms with Crippen LogP contribution in [0.3, 0.4) is 0 Å². The van der Waals surface area contributed by atoms with Gasteiger partial charge in [0.25, 0.3) is 0 Å². The van der Waals surface area contributed by atoms with Gasteiger partial charge in [-0.05, 0) is 35.9 Å². The van der Waals surface area contributed by atoms with Crippen LogP contribution in [0, 0.1) is 11.3 Å². The van der Waals surface area contributed by atoms with Gasteiger partial charge in [-0.3, -0.25) is 0 Å². The van der Waals surface area contributed by atoms with Crippen molar-refractivity contribution in [2.75, 3.05) is 5.32 Å². The number of halogens is 3. The fourth-order valence-corrected chi connectivity index (χ4v) is 2.11. The van der Waals surface area contributed by atoms with E-state index in [1.165, 1.54) is 0 Å². The van der Waals surface area contributed by atoms with Crippen LogP contribution < -0.4 is 5.32 Å². The van der Waals surface area contributed by atoms with Gasteiger partial charge < -0.3 is 5.32 Å². The Morgan fingerprint density at radius 2 is 1.74 bits per heavy atom. The topological polar surface area (TPSA) is 35.8 Å². The smallest absolute Gasteiger partial charge is 0.0992 e. The number of nitrogens with one attached hydrogen (secondary N) is 1. The summed E-state index contributed by atoms with van der Waals surface area (Å²) in [7, 11) is 0. The molecule has 0 amide bonds. The molecule has 0 radical (unpaired) electrons. The molecule has 0 saturated heterocycles. The van der Waals surface area contributed by atoms with Gasteiger partial charge in [-0.15, -0.1) is 0 Å². The molecule has 0 unspecified atom stereocenters. The van der Waals surface area contributed by atoms with Crippen molar-refractivity contribution in [1.29, 1.82) is 5.26 Å². The molecule has 0 aliphatic heterocycles. The quantitative estimate of drug-likeness (QED) is 0.853. The molecule has 2 nitrogen and oxygen atoms in total. The molecule has 0 aliphatic carbocycles. The molecule has 0 aliphatic rings. The van der Waals surface area contributed by atoms with E-state index in [1.807, 2.05) is 18.2 Å². The van der Waals surface area contributed by atoms with E-state index in [0.717, 1.165) is 11.3 Å². The number of hydrogen-bond donors (Lipinski definition) is 1. The summed E-state index contributed by atoms with van der Waals surface area (Å²) in [6.07, 6.45) is 0. The van der Waals surface area contributed by atoms with Gasteiger partial charge in [-0.2, -0.15) is 5.26 Å². The van der Waals surface area contributed by atoms with Gasteiger partial charge in [0.1, 0.15) is 0 Å². The first kappa shape index (κ1) is 14.0. The number of hydrogen-bond acceptors (Lipinski definition) is 2. The highest BCUT2D eigenvalue weighted by molar-refractivity contribution is 6.42. The molecule has 5 heteroatoms. The minimum Gasteiger partial charge on any atom is -0.381 e. The van der Waals surface area contributed by atoms with E-state index in [-0.39, 0.29) is 0 Å². The van der Waals surface area contributed by atoms with Crippen LogP contribution in [0.1, 0.15) is 11.1 Å². The summed E-state index contributed by atoms with van der Waals surface area (Å²) >= 11 is 17.9. The number of anilines is 1. The third kappa shape index (κ3) is 3.54. The normalized spacial score (nSPS) is 10.0. The van der Waals surface area contributed by atoms with Crippen LogP contribution in [-0.4, -0.2) is 0 Å². The molecule has 0 fully saturated rings. The Morgan fingerprint density at radius 3 is 2.37 bits per heavy atom. The van der Waals surface area contributed by atoms with E-state index in [9.17, 15) is 0 Å². The first-order chi connectivity index (χ1) is 9.10. The van der Waals surface area contributed by atoms with Crippen LogP contribution in [0.25, 0.3) is 0 Å². The van der Waals surface area contributed by atoms with Crippen molar-refractivity contribution in [1.82, 2.24) is 0 Å². The van der Waals surface area contributed by atoms with E-state index in [4.69, 9.17) is 40.1 Å². The van der Waals surface area contributed by atoms with Gasteiger partial charge in [0.15, 0.2) is 0 Å². The molecule has 0 spiro atoms. The number of rotatable bonds is 3. The molecule has 2 rings (SSSR count). The molecule has 0 heterocycles. The van der Waals surface area contributed by atoms with Crippen molar-refractivity contribution >= 4 is 40.5 Å². The zero-order chi connectivity index (χ0) is 13.8. The van der Waals surface area contributed by atoms with Crippen molar-refractivity contribution in [2.45, 2.75) is 6.54 Å². The van der Waals surface area contributed by atoms with Crippen molar-refractivity contribution in [2.24, 2.45) is 0 Å². The summed E-state index contributed by atoms with van der Waals surface area (Å²) in [6, 6.07) is 12.6. The summed E-state index contributed by atoms with van der Waals surface area (Å²) in [5.41, 5.74) is 2.31. The second-order valence-corrected chi connectivity index (χ2v) is 5.12. The lowest BCUT2D eigenvalue weighted by atomic mass is 10.1. The van der Waals surface area contributed by atoms with Gasteiger partial charge >= 0.3 is 0 Å².